The molecule has 2 aromatic carbocycles. The van der Waals surface area contributed by atoms with Gasteiger partial charge in [0.25, 0.3) is 5.78 Å². The van der Waals surface area contributed by atoms with Crippen LogP contribution in [-0.4, -0.2) is 53.0 Å². The van der Waals surface area contributed by atoms with Crippen LogP contribution in [0.15, 0.2) is 79.3 Å². The van der Waals surface area contributed by atoms with Crippen molar-refractivity contribution in [3.63, 3.8) is 0 Å². The first-order valence-corrected chi connectivity index (χ1v) is 12.6. The highest BCUT2D eigenvalue weighted by Gasteiger charge is 2.50. The molecule has 196 valence electrons. The molecule has 1 fully saturated rings. The van der Waals surface area contributed by atoms with Crippen molar-refractivity contribution in [3.8, 4) is 22.4 Å². The zero-order valence-corrected chi connectivity index (χ0v) is 21.2. The van der Waals surface area contributed by atoms with Gasteiger partial charge in [0, 0.05) is 41.5 Å². The molecule has 6 aromatic rings. The zero-order chi connectivity index (χ0) is 27.4. The molecule has 0 unspecified atom stereocenters. The Bertz CT molecular complexity index is 1940. The maximum Gasteiger partial charge on any atom is 0.412 e. The number of carbonyl (C=O) groups is 1. The quantitative estimate of drug-likeness (QED) is 0.324. The van der Waals surface area contributed by atoms with E-state index in [1.807, 2.05) is 18.2 Å². The van der Waals surface area contributed by atoms with Gasteiger partial charge in [-0.2, -0.15) is 9.61 Å². The highest BCUT2D eigenvalue weighted by Crippen LogP contribution is 2.53. The fourth-order valence-corrected chi connectivity index (χ4v) is 5.02. The third-order valence-corrected chi connectivity index (χ3v) is 7.42. The minimum absolute atomic E-state index is 0.246. The second-order valence-electron chi connectivity index (χ2n) is 9.81. The maximum atomic E-state index is 15.3. The highest BCUT2D eigenvalue weighted by molar-refractivity contribution is 5.84. The molecule has 1 amide bonds. The predicted molar refractivity (Wildman–Crippen MR) is 145 cm³/mol. The van der Waals surface area contributed by atoms with Gasteiger partial charge in [0.1, 0.15) is 17.3 Å². The van der Waals surface area contributed by atoms with E-state index in [4.69, 9.17) is 10.2 Å². The van der Waals surface area contributed by atoms with Crippen molar-refractivity contribution in [1.29, 1.82) is 0 Å². The summed E-state index contributed by atoms with van der Waals surface area (Å²) in [4.78, 5) is 25.1. The third-order valence-electron chi connectivity index (χ3n) is 7.42. The lowest BCUT2D eigenvalue weighted by molar-refractivity contribution is 0.203. The third kappa shape index (κ3) is 3.82. The zero-order valence-electron chi connectivity index (χ0n) is 21.2. The summed E-state index contributed by atoms with van der Waals surface area (Å²) in [5.74, 6) is 0.861. The minimum atomic E-state index is -1.13. The van der Waals surface area contributed by atoms with Crippen LogP contribution in [0, 0.1) is 5.82 Å². The number of pyridine rings is 2. The number of benzene rings is 2. The molecular formula is C29H21FN8O2. The highest BCUT2D eigenvalue weighted by atomic mass is 19.1. The van der Waals surface area contributed by atoms with Crippen LogP contribution in [-0.2, 0) is 5.41 Å². The van der Waals surface area contributed by atoms with E-state index in [2.05, 4.69) is 37.3 Å². The average Bonchev–Trinajstić information content (AvgIpc) is 3.68. The molecule has 0 saturated heterocycles. The molecule has 40 heavy (non-hydrogen) atoms. The standard InChI is InChI=1S/C29H21FN8O2/c1-37(28(39)40)25-9-5-19(15-32-25)21-7-4-18(14-22(21)30)24-16-33-27-35-34-26(38(27)36-24)29(10-11-29)20-6-8-23-17(13-20)3-2-12-31-23/h2-9,12-16H,10-11H2,1H3,(H,39,40). The van der Waals surface area contributed by atoms with E-state index >= 15 is 4.39 Å². The van der Waals surface area contributed by atoms with Gasteiger partial charge in [-0.15, -0.1) is 10.2 Å². The molecule has 1 saturated carbocycles. The van der Waals surface area contributed by atoms with Crippen molar-refractivity contribution in [2.45, 2.75) is 18.3 Å². The first-order chi connectivity index (χ1) is 19.4. The summed E-state index contributed by atoms with van der Waals surface area (Å²) in [6, 6.07) is 18.2. The number of nitrogens with zero attached hydrogens (tertiary/aromatic N) is 8. The van der Waals surface area contributed by atoms with Crippen LogP contribution in [0.1, 0.15) is 24.2 Å². The SMILES string of the molecule is CN(C(=O)O)c1ccc(-c2ccc(-c3cnc4nnc(C5(c6ccc7ncccc7c6)CC5)n4n3)cc2F)cn1. The number of halogens is 1. The van der Waals surface area contributed by atoms with Crippen LogP contribution in [0.4, 0.5) is 15.0 Å². The molecule has 0 radical (unpaired) electrons. The van der Waals surface area contributed by atoms with E-state index in [1.54, 1.807) is 35.1 Å². The van der Waals surface area contributed by atoms with Crippen LogP contribution in [0.3, 0.4) is 0 Å². The van der Waals surface area contributed by atoms with Crippen LogP contribution in [0.2, 0.25) is 0 Å². The van der Waals surface area contributed by atoms with Crippen molar-refractivity contribution in [2.75, 3.05) is 11.9 Å². The summed E-state index contributed by atoms with van der Waals surface area (Å²) < 4.78 is 16.9. The van der Waals surface area contributed by atoms with Crippen molar-refractivity contribution in [3.05, 3.63) is 96.5 Å². The number of rotatable bonds is 5. The van der Waals surface area contributed by atoms with Crippen molar-refractivity contribution in [2.24, 2.45) is 0 Å². The average molecular weight is 533 g/mol. The molecule has 0 bridgehead atoms. The second-order valence-corrected chi connectivity index (χ2v) is 9.81. The maximum absolute atomic E-state index is 15.3. The number of amides is 1. The number of carboxylic acid groups (broad SMARTS) is 1. The van der Waals surface area contributed by atoms with E-state index in [1.165, 1.54) is 25.4 Å². The molecule has 4 aromatic heterocycles. The Morgan fingerprint density at radius 2 is 1.82 bits per heavy atom. The monoisotopic (exact) mass is 532 g/mol. The van der Waals surface area contributed by atoms with Gasteiger partial charge in [-0.05, 0) is 54.8 Å². The summed E-state index contributed by atoms with van der Waals surface area (Å²) in [5.41, 5.74) is 3.62. The van der Waals surface area contributed by atoms with E-state index in [0.717, 1.165) is 34.2 Å². The van der Waals surface area contributed by atoms with Gasteiger partial charge in [0.15, 0.2) is 5.82 Å². The summed E-state index contributed by atoms with van der Waals surface area (Å²) in [5, 5.41) is 23.7. The molecule has 0 spiro atoms. The van der Waals surface area contributed by atoms with Gasteiger partial charge in [-0.1, -0.05) is 24.3 Å². The molecule has 10 nitrogen and oxygen atoms in total. The normalized spacial score (nSPS) is 13.9. The van der Waals surface area contributed by atoms with Gasteiger partial charge < -0.3 is 5.11 Å². The summed E-state index contributed by atoms with van der Waals surface area (Å²) >= 11 is 0. The van der Waals surface area contributed by atoms with Gasteiger partial charge in [0.05, 0.1) is 17.1 Å². The lowest BCUT2D eigenvalue weighted by atomic mass is 9.94. The summed E-state index contributed by atoms with van der Waals surface area (Å²) in [6.45, 7) is 0. The largest absolute Gasteiger partial charge is 0.465 e. The lowest BCUT2D eigenvalue weighted by Crippen LogP contribution is -2.24. The molecule has 11 heteroatoms. The van der Waals surface area contributed by atoms with E-state index < -0.39 is 11.9 Å². The fourth-order valence-electron chi connectivity index (χ4n) is 5.02. The molecule has 0 atom stereocenters. The van der Waals surface area contributed by atoms with Gasteiger partial charge >= 0.3 is 6.09 Å². The Morgan fingerprint density at radius 1 is 0.975 bits per heavy atom. The second kappa shape index (κ2) is 8.87. The minimum Gasteiger partial charge on any atom is -0.465 e. The van der Waals surface area contributed by atoms with Crippen molar-refractivity contribution >= 4 is 28.6 Å². The van der Waals surface area contributed by atoms with Crippen LogP contribution in [0.25, 0.3) is 39.1 Å². The summed E-state index contributed by atoms with van der Waals surface area (Å²) in [6.07, 6.45) is 5.46. The smallest absolute Gasteiger partial charge is 0.412 e. The predicted octanol–water partition coefficient (Wildman–Crippen LogP) is 5.13. The number of aromatic nitrogens is 7. The van der Waals surface area contributed by atoms with Crippen molar-refractivity contribution < 1.29 is 14.3 Å². The first-order valence-electron chi connectivity index (χ1n) is 12.6. The molecule has 7 rings (SSSR count). The lowest BCUT2D eigenvalue weighted by Gasteiger charge is -2.14. The Labute approximate surface area is 226 Å². The number of anilines is 1. The molecule has 1 N–H and O–H groups in total. The fraction of sp³-hybridized carbons (Fsp3) is 0.138. The Balaban J connectivity index is 1.23. The topological polar surface area (TPSA) is 122 Å². The molecule has 1 aliphatic rings. The van der Waals surface area contributed by atoms with Crippen molar-refractivity contribution in [1.82, 2.24) is 34.8 Å². The molecule has 1 aliphatic carbocycles. The van der Waals surface area contributed by atoms with E-state index in [0.29, 0.717) is 34.0 Å². The molecule has 4 heterocycles. The van der Waals surface area contributed by atoms with Crippen LogP contribution >= 0.6 is 0 Å². The van der Waals surface area contributed by atoms with Gasteiger partial charge in [-0.25, -0.2) is 19.2 Å². The van der Waals surface area contributed by atoms with Gasteiger partial charge in [-0.3, -0.25) is 9.88 Å². The number of hydrogen-bond acceptors (Lipinski definition) is 7. The van der Waals surface area contributed by atoms with Crippen LogP contribution in [0.5, 0.6) is 0 Å². The number of fused-ring (bicyclic) bond motifs is 2. The van der Waals surface area contributed by atoms with Crippen LogP contribution < -0.4 is 4.90 Å². The van der Waals surface area contributed by atoms with Gasteiger partial charge in [0.2, 0.25) is 0 Å². The Morgan fingerprint density at radius 3 is 2.58 bits per heavy atom. The van der Waals surface area contributed by atoms with E-state index in [-0.39, 0.29) is 11.2 Å². The van der Waals surface area contributed by atoms with E-state index in [9.17, 15) is 4.79 Å². The Kier molecular flexibility index (Phi) is 5.27. The molecule has 0 aliphatic heterocycles. The number of hydrogen-bond donors (Lipinski definition) is 1. The summed E-state index contributed by atoms with van der Waals surface area (Å²) in [7, 11) is 1.39. The first kappa shape index (κ1) is 23.8. The Hall–Kier alpha value is -5.32. The molecular weight excluding hydrogens is 511 g/mol.